The lowest BCUT2D eigenvalue weighted by atomic mass is 10.3. The zero-order valence-corrected chi connectivity index (χ0v) is 9.08. The lowest BCUT2D eigenvalue weighted by molar-refractivity contribution is -0.129. The maximum absolute atomic E-state index is 10.4. The van der Waals surface area contributed by atoms with Gasteiger partial charge in [0.05, 0.1) is 5.69 Å². The van der Waals surface area contributed by atoms with Crippen LogP contribution in [0.4, 0.5) is 5.69 Å². The molecule has 74 valence electrons. The van der Waals surface area contributed by atoms with Crippen LogP contribution in [0.2, 0.25) is 0 Å². The number of anilines is 1. The van der Waals surface area contributed by atoms with Gasteiger partial charge in [0.1, 0.15) is 5.71 Å². The van der Waals surface area contributed by atoms with Crippen molar-refractivity contribution >= 4 is 33.3 Å². The van der Waals surface area contributed by atoms with Crippen molar-refractivity contribution in [3.05, 3.63) is 28.7 Å². The van der Waals surface area contributed by atoms with E-state index in [2.05, 4.69) is 26.5 Å². The van der Waals surface area contributed by atoms with Gasteiger partial charge >= 0.3 is 5.97 Å². The van der Waals surface area contributed by atoms with Gasteiger partial charge in [-0.1, -0.05) is 22.0 Å². The molecule has 14 heavy (non-hydrogen) atoms. The van der Waals surface area contributed by atoms with E-state index in [0.29, 0.717) is 0 Å². The van der Waals surface area contributed by atoms with E-state index in [-0.39, 0.29) is 5.71 Å². The minimum atomic E-state index is -1.03. The number of hydrogen-bond acceptors (Lipinski definition) is 3. The average Bonchev–Trinajstić information content (AvgIpc) is 2.14. The summed E-state index contributed by atoms with van der Waals surface area (Å²) in [4.78, 5) is 10.4. The lowest BCUT2D eigenvalue weighted by Crippen LogP contribution is -2.10. The van der Waals surface area contributed by atoms with Crippen molar-refractivity contribution in [2.45, 2.75) is 6.92 Å². The van der Waals surface area contributed by atoms with Crippen LogP contribution in [-0.2, 0) is 4.79 Å². The molecule has 0 aromatic heterocycles. The van der Waals surface area contributed by atoms with Crippen molar-refractivity contribution in [2.75, 3.05) is 5.43 Å². The number of carboxylic acids is 1. The smallest absolute Gasteiger partial charge is 0.351 e. The second kappa shape index (κ2) is 4.76. The molecular formula is C9H9BrN2O2. The fourth-order valence-corrected chi connectivity index (χ4v) is 1.15. The Labute approximate surface area is 89.8 Å². The number of carboxylic acid groups (broad SMARTS) is 1. The van der Waals surface area contributed by atoms with Crippen molar-refractivity contribution in [2.24, 2.45) is 5.10 Å². The summed E-state index contributed by atoms with van der Waals surface area (Å²) in [5.74, 6) is -1.03. The molecule has 0 atom stereocenters. The first-order valence-corrected chi connectivity index (χ1v) is 4.68. The predicted octanol–water partition coefficient (Wildman–Crippen LogP) is 2.32. The minimum Gasteiger partial charge on any atom is -0.477 e. The summed E-state index contributed by atoms with van der Waals surface area (Å²) in [6, 6.07) is 7.30. The first-order valence-electron chi connectivity index (χ1n) is 3.89. The largest absolute Gasteiger partial charge is 0.477 e. The Hall–Kier alpha value is -1.36. The highest BCUT2D eigenvalue weighted by Crippen LogP contribution is 2.15. The topological polar surface area (TPSA) is 61.7 Å². The highest BCUT2D eigenvalue weighted by atomic mass is 79.9. The number of carbonyl (C=O) groups is 1. The highest BCUT2D eigenvalue weighted by Gasteiger charge is 2.00. The summed E-state index contributed by atoms with van der Waals surface area (Å²) in [6.07, 6.45) is 0. The van der Waals surface area contributed by atoms with Crippen molar-refractivity contribution in [3.8, 4) is 0 Å². The SMILES string of the molecule is C/C(=N\Nc1cccc(Br)c1)C(=O)O. The molecule has 0 amide bonds. The highest BCUT2D eigenvalue weighted by molar-refractivity contribution is 9.10. The second-order valence-corrected chi connectivity index (χ2v) is 3.54. The van der Waals surface area contributed by atoms with Gasteiger partial charge in [-0.3, -0.25) is 5.43 Å². The molecule has 0 aliphatic carbocycles. The molecule has 2 N–H and O–H groups in total. The van der Waals surface area contributed by atoms with Gasteiger partial charge in [-0.05, 0) is 25.1 Å². The fourth-order valence-electron chi connectivity index (χ4n) is 0.754. The maximum atomic E-state index is 10.4. The third-order valence-corrected chi connectivity index (χ3v) is 1.98. The molecule has 1 aromatic carbocycles. The molecule has 4 nitrogen and oxygen atoms in total. The third-order valence-electron chi connectivity index (χ3n) is 1.49. The van der Waals surface area contributed by atoms with E-state index in [1.54, 1.807) is 12.1 Å². The van der Waals surface area contributed by atoms with Gasteiger partial charge in [-0.25, -0.2) is 4.79 Å². The van der Waals surface area contributed by atoms with E-state index >= 15 is 0 Å². The van der Waals surface area contributed by atoms with Crippen molar-refractivity contribution in [1.29, 1.82) is 0 Å². The van der Waals surface area contributed by atoms with E-state index < -0.39 is 5.97 Å². The van der Waals surface area contributed by atoms with E-state index in [1.165, 1.54) is 6.92 Å². The molecule has 0 unspecified atom stereocenters. The number of rotatable bonds is 3. The summed E-state index contributed by atoms with van der Waals surface area (Å²) in [6.45, 7) is 1.42. The van der Waals surface area contributed by atoms with Gasteiger partial charge in [0.25, 0.3) is 0 Å². The normalized spacial score (nSPS) is 11.1. The number of hydrogen-bond donors (Lipinski definition) is 2. The molecule has 0 aliphatic heterocycles. The molecule has 0 aliphatic rings. The number of nitrogens with zero attached hydrogens (tertiary/aromatic N) is 1. The standard InChI is InChI=1S/C9H9BrN2O2/c1-6(9(13)14)11-12-8-4-2-3-7(10)5-8/h2-5,12H,1H3,(H,13,14)/b11-6+. The number of hydrazone groups is 1. The van der Waals surface area contributed by atoms with E-state index in [1.807, 2.05) is 12.1 Å². The number of halogens is 1. The Morgan fingerprint density at radius 3 is 2.86 bits per heavy atom. The Kier molecular flexibility index (Phi) is 3.64. The summed E-state index contributed by atoms with van der Waals surface area (Å²) in [5.41, 5.74) is 3.40. The van der Waals surface area contributed by atoms with Crippen molar-refractivity contribution in [1.82, 2.24) is 0 Å². The zero-order valence-electron chi connectivity index (χ0n) is 7.49. The Bertz CT molecular complexity index is 377. The van der Waals surface area contributed by atoms with Crippen LogP contribution >= 0.6 is 15.9 Å². The van der Waals surface area contributed by atoms with Crippen LogP contribution in [0, 0.1) is 0 Å². The van der Waals surface area contributed by atoms with Crippen LogP contribution in [0.15, 0.2) is 33.8 Å². The minimum absolute atomic E-state index is 0.0185. The maximum Gasteiger partial charge on any atom is 0.351 e. The Morgan fingerprint density at radius 1 is 1.57 bits per heavy atom. The summed E-state index contributed by atoms with van der Waals surface area (Å²) >= 11 is 3.29. The van der Waals surface area contributed by atoms with Gasteiger partial charge in [0, 0.05) is 4.47 Å². The van der Waals surface area contributed by atoms with Crippen LogP contribution in [0.25, 0.3) is 0 Å². The monoisotopic (exact) mass is 256 g/mol. The van der Waals surface area contributed by atoms with Crippen LogP contribution in [0.1, 0.15) is 6.92 Å². The Morgan fingerprint density at radius 2 is 2.29 bits per heavy atom. The van der Waals surface area contributed by atoms with E-state index in [4.69, 9.17) is 5.11 Å². The third kappa shape index (κ3) is 3.18. The van der Waals surface area contributed by atoms with Crippen LogP contribution in [-0.4, -0.2) is 16.8 Å². The average molecular weight is 257 g/mol. The number of benzene rings is 1. The summed E-state index contributed by atoms with van der Waals surface area (Å²) < 4.78 is 0.908. The van der Waals surface area contributed by atoms with E-state index in [9.17, 15) is 4.79 Å². The number of aliphatic carboxylic acids is 1. The van der Waals surface area contributed by atoms with Crippen LogP contribution < -0.4 is 5.43 Å². The predicted molar refractivity (Wildman–Crippen MR) is 58.5 cm³/mol. The Balaban J connectivity index is 2.71. The molecule has 0 bridgehead atoms. The molecule has 0 saturated carbocycles. The van der Waals surface area contributed by atoms with Crippen molar-refractivity contribution in [3.63, 3.8) is 0 Å². The van der Waals surface area contributed by atoms with Gasteiger partial charge in [0.15, 0.2) is 0 Å². The first-order chi connectivity index (χ1) is 6.59. The summed E-state index contributed by atoms with van der Waals surface area (Å²) in [7, 11) is 0. The first kappa shape index (κ1) is 10.7. The van der Waals surface area contributed by atoms with Crippen molar-refractivity contribution < 1.29 is 9.90 Å². The lowest BCUT2D eigenvalue weighted by Gasteiger charge is -2.00. The molecule has 0 spiro atoms. The van der Waals surface area contributed by atoms with Crippen LogP contribution in [0.3, 0.4) is 0 Å². The summed E-state index contributed by atoms with van der Waals surface area (Å²) in [5, 5.41) is 12.2. The molecule has 0 fully saturated rings. The van der Waals surface area contributed by atoms with Gasteiger partial charge in [0.2, 0.25) is 0 Å². The molecule has 0 heterocycles. The molecule has 1 aromatic rings. The molecule has 0 radical (unpaired) electrons. The molecular weight excluding hydrogens is 248 g/mol. The quantitative estimate of drug-likeness (QED) is 0.645. The van der Waals surface area contributed by atoms with E-state index in [0.717, 1.165) is 10.2 Å². The number of nitrogens with one attached hydrogen (secondary N) is 1. The second-order valence-electron chi connectivity index (χ2n) is 2.62. The molecule has 0 saturated heterocycles. The van der Waals surface area contributed by atoms with Gasteiger partial charge < -0.3 is 5.11 Å². The van der Waals surface area contributed by atoms with Crippen LogP contribution in [0.5, 0.6) is 0 Å². The fraction of sp³-hybridized carbons (Fsp3) is 0.111. The van der Waals surface area contributed by atoms with Gasteiger partial charge in [-0.15, -0.1) is 0 Å². The van der Waals surface area contributed by atoms with Gasteiger partial charge in [-0.2, -0.15) is 5.10 Å². The zero-order chi connectivity index (χ0) is 10.6. The molecule has 5 heteroatoms. The molecule has 1 rings (SSSR count).